The maximum absolute atomic E-state index is 12.5. The molecule has 1 aromatic carbocycles. The molecule has 6 heteroatoms. The minimum absolute atomic E-state index is 0.141. The summed E-state index contributed by atoms with van der Waals surface area (Å²) in [6.07, 6.45) is 1.39. The van der Waals surface area contributed by atoms with E-state index < -0.39 is 17.1 Å². The van der Waals surface area contributed by atoms with Crippen LogP contribution < -0.4 is 5.73 Å². The number of hydrogen-bond donors (Lipinski definition) is 1. The fourth-order valence-electron chi connectivity index (χ4n) is 2.04. The number of benzene rings is 1. The van der Waals surface area contributed by atoms with E-state index in [1.54, 1.807) is 39.0 Å². The number of fused-ring (bicyclic) bond motifs is 1. The molecule has 0 radical (unpaired) electrons. The van der Waals surface area contributed by atoms with E-state index in [0.29, 0.717) is 10.9 Å². The van der Waals surface area contributed by atoms with Crippen LogP contribution in [0.15, 0.2) is 28.9 Å². The van der Waals surface area contributed by atoms with Crippen molar-refractivity contribution in [1.82, 2.24) is 4.57 Å². The second-order valence-electron chi connectivity index (χ2n) is 5.82. The molecule has 0 bridgehead atoms. The molecule has 0 atom stereocenters. The first-order chi connectivity index (χ1) is 9.62. The third-order valence-corrected chi connectivity index (χ3v) is 3.59. The predicted octanol–water partition coefficient (Wildman–Crippen LogP) is 2.76. The first kappa shape index (κ1) is 15.4. The van der Waals surface area contributed by atoms with Crippen molar-refractivity contribution >= 4 is 44.4 Å². The van der Waals surface area contributed by atoms with Crippen molar-refractivity contribution in [3.8, 4) is 0 Å². The van der Waals surface area contributed by atoms with Crippen LogP contribution in [0, 0.1) is 5.41 Å². The van der Waals surface area contributed by atoms with Crippen LogP contribution in [0.5, 0.6) is 0 Å². The Hall–Kier alpha value is -1.95. The summed E-state index contributed by atoms with van der Waals surface area (Å²) in [7, 11) is 0. The lowest BCUT2D eigenvalue weighted by atomic mass is 9.95. The largest absolute Gasteiger partial charge is 0.363 e. The van der Waals surface area contributed by atoms with Crippen molar-refractivity contribution in [2.24, 2.45) is 11.1 Å². The molecular weight excluding hydrogens is 336 g/mol. The highest BCUT2D eigenvalue weighted by atomic mass is 79.9. The number of halogens is 1. The first-order valence-electron chi connectivity index (χ1n) is 6.32. The number of ketones is 1. The molecule has 1 heterocycles. The van der Waals surface area contributed by atoms with Crippen molar-refractivity contribution < 1.29 is 14.4 Å². The number of amides is 1. The summed E-state index contributed by atoms with van der Waals surface area (Å²) in [4.78, 5) is 35.6. The van der Waals surface area contributed by atoms with Gasteiger partial charge in [-0.3, -0.25) is 19.0 Å². The molecule has 5 nitrogen and oxygen atoms in total. The SMILES string of the molecule is CC(C)(C)C(=O)n1cc(C(=O)C(N)=O)c2ccc(Br)cc21. The highest BCUT2D eigenvalue weighted by Crippen LogP contribution is 2.28. The summed E-state index contributed by atoms with van der Waals surface area (Å²) in [5.74, 6) is -2.02. The van der Waals surface area contributed by atoms with Gasteiger partial charge in [0.2, 0.25) is 5.91 Å². The van der Waals surface area contributed by atoms with Crippen molar-refractivity contribution in [3.63, 3.8) is 0 Å². The van der Waals surface area contributed by atoms with Gasteiger partial charge in [-0.05, 0) is 12.1 Å². The lowest BCUT2D eigenvalue weighted by Crippen LogP contribution is -2.26. The van der Waals surface area contributed by atoms with Crippen LogP contribution in [0.3, 0.4) is 0 Å². The molecule has 0 unspecified atom stereocenters. The number of carbonyl (C=O) groups excluding carboxylic acids is 3. The molecule has 21 heavy (non-hydrogen) atoms. The summed E-state index contributed by atoms with van der Waals surface area (Å²) in [5.41, 5.74) is 5.15. The second-order valence-corrected chi connectivity index (χ2v) is 6.74. The van der Waals surface area contributed by atoms with Gasteiger partial charge in [-0.25, -0.2) is 0 Å². The van der Waals surface area contributed by atoms with Crippen LogP contribution in [0.25, 0.3) is 10.9 Å². The lowest BCUT2D eigenvalue weighted by Gasteiger charge is -2.17. The molecule has 1 aromatic heterocycles. The monoisotopic (exact) mass is 350 g/mol. The summed E-state index contributed by atoms with van der Waals surface area (Å²) >= 11 is 3.34. The predicted molar refractivity (Wildman–Crippen MR) is 83.2 cm³/mol. The van der Waals surface area contributed by atoms with Crippen LogP contribution in [0.4, 0.5) is 0 Å². The van der Waals surface area contributed by atoms with Gasteiger partial charge in [-0.2, -0.15) is 0 Å². The van der Waals surface area contributed by atoms with Gasteiger partial charge in [-0.1, -0.05) is 42.8 Å². The Kier molecular flexibility index (Phi) is 3.76. The molecule has 0 aliphatic rings. The van der Waals surface area contributed by atoms with Gasteiger partial charge < -0.3 is 5.73 Å². The third kappa shape index (κ3) is 2.76. The van der Waals surface area contributed by atoms with Crippen LogP contribution in [-0.2, 0) is 4.79 Å². The molecule has 0 saturated carbocycles. The minimum atomic E-state index is -1.04. The van der Waals surface area contributed by atoms with Gasteiger partial charge >= 0.3 is 0 Å². The van der Waals surface area contributed by atoms with E-state index in [2.05, 4.69) is 15.9 Å². The van der Waals surface area contributed by atoms with E-state index in [1.165, 1.54) is 10.8 Å². The van der Waals surface area contributed by atoms with Crippen molar-refractivity contribution in [1.29, 1.82) is 0 Å². The Morgan fingerprint density at radius 1 is 1.19 bits per heavy atom. The number of nitrogens with zero attached hydrogens (tertiary/aromatic N) is 1. The Bertz CT molecular complexity index is 769. The molecule has 0 aliphatic heterocycles. The zero-order valence-corrected chi connectivity index (χ0v) is 13.5. The topological polar surface area (TPSA) is 82.2 Å². The normalized spacial score (nSPS) is 11.6. The second kappa shape index (κ2) is 5.11. The van der Waals surface area contributed by atoms with E-state index in [0.717, 1.165) is 4.47 Å². The zero-order chi connectivity index (χ0) is 15.9. The van der Waals surface area contributed by atoms with Crippen LogP contribution in [0.2, 0.25) is 0 Å². The van der Waals surface area contributed by atoms with Gasteiger partial charge in [0.1, 0.15) is 0 Å². The van der Waals surface area contributed by atoms with Crippen LogP contribution in [-0.4, -0.2) is 22.2 Å². The number of rotatable bonds is 2. The van der Waals surface area contributed by atoms with E-state index in [4.69, 9.17) is 5.73 Å². The number of Topliss-reactive ketones (excluding diaryl/α,β-unsaturated/α-hetero) is 1. The average Bonchev–Trinajstić information content (AvgIpc) is 2.74. The number of aromatic nitrogens is 1. The quantitative estimate of drug-likeness (QED) is 0.667. The Morgan fingerprint density at radius 3 is 2.33 bits per heavy atom. The average molecular weight is 351 g/mol. The fourth-order valence-corrected chi connectivity index (χ4v) is 2.39. The smallest absolute Gasteiger partial charge is 0.289 e. The zero-order valence-electron chi connectivity index (χ0n) is 11.9. The van der Waals surface area contributed by atoms with Crippen molar-refractivity contribution in [2.75, 3.05) is 0 Å². The van der Waals surface area contributed by atoms with Crippen LogP contribution in [0.1, 0.15) is 35.9 Å². The fraction of sp³-hybridized carbons (Fsp3) is 0.267. The molecule has 0 saturated heterocycles. The van der Waals surface area contributed by atoms with Gasteiger partial charge in [0.15, 0.2) is 0 Å². The summed E-state index contributed by atoms with van der Waals surface area (Å²) in [5, 5.41) is 0.527. The molecule has 1 amide bonds. The summed E-state index contributed by atoms with van der Waals surface area (Å²) in [6.45, 7) is 5.36. The van der Waals surface area contributed by atoms with Gasteiger partial charge in [0.25, 0.3) is 11.7 Å². The Balaban J connectivity index is 2.78. The minimum Gasteiger partial charge on any atom is -0.363 e. The van der Waals surface area contributed by atoms with Crippen molar-refractivity contribution in [3.05, 3.63) is 34.4 Å². The number of carbonyl (C=O) groups is 3. The molecule has 2 N–H and O–H groups in total. The van der Waals surface area contributed by atoms with Crippen molar-refractivity contribution in [2.45, 2.75) is 20.8 Å². The molecular formula is C15H15BrN2O3. The van der Waals surface area contributed by atoms with E-state index in [9.17, 15) is 14.4 Å². The van der Waals surface area contributed by atoms with Gasteiger partial charge in [0.05, 0.1) is 11.1 Å². The number of hydrogen-bond acceptors (Lipinski definition) is 3. The Labute approximate surface area is 130 Å². The van der Waals surface area contributed by atoms with Gasteiger partial charge in [0, 0.05) is 21.5 Å². The number of primary amides is 1. The summed E-state index contributed by atoms with van der Waals surface area (Å²) in [6, 6.07) is 5.16. The van der Waals surface area contributed by atoms with E-state index in [1.807, 2.05) is 0 Å². The maximum Gasteiger partial charge on any atom is 0.289 e. The first-order valence-corrected chi connectivity index (χ1v) is 7.12. The molecule has 0 aliphatic carbocycles. The maximum atomic E-state index is 12.5. The molecule has 2 rings (SSSR count). The molecule has 0 fully saturated rings. The lowest BCUT2D eigenvalue weighted by molar-refractivity contribution is -0.114. The number of nitrogens with two attached hydrogens (primary N) is 1. The molecule has 110 valence electrons. The highest BCUT2D eigenvalue weighted by molar-refractivity contribution is 9.10. The van der Waals surface area contributed by atoms with Crippen LogP contribution >= 0.6 is 15.9 Å². The van der Waals surface area contributed by atoms with Gasteiger partial charge in [-0.15, -0.1) is 0 Å². The molecule has 0 spiro atoms. The van der Waals surface area contributed by atoms with E-state index in [-0.39, 0.29) is 11.5 Å². The third-order valence-electron chi connectivity index (χ3n) is 3.10. The highest BCUT2D eigenvalue weighted by Gasteiger charge is 2.27. The standard InChI is InChI=1S/C15H15BrN2O3/c1-15(2,3)14(21)18-7-10(12(19)13(17)20)9-5-4-8(16)6-11(9)18/h4-7H,1-3H3,(H2,17,20). The van der Waals surface area contributed by atoms with E-state index >= 15 is 0 Å². The Morgan fingerprint density at radius 2 is 1.81 bits per heavy atom. The molecule has 2 aromatic rings. The summed E-state index contributed by atoms with van der Waals surface area (Å²) < 4.78 is 2.17.